The Morgan fingerprint density at radius 3 is 2.22 bits per heavy atom. The molecule has 0 bridgehead atoms. The molecular weight excluding hydrogens is 336 g/mol. The van der Waals surface area contributed by atoms with Crippen LogP contribution in [0.15, 0.2) is 60.7 Å². The van der Waals surface area contributed by atoms with Gasteiger partial charge in [0.2, 0.25) is 5.91 Å². The monoisotopic (exact) mass is 364 g/mol. The average Bonchev–Trinajstić information content (AvgIpc) is 2.73. The number of nitrogens with one attached hydrogen (secondary N) is 1. The molecule has 0 spiro atoms. The van der Waals surface area contributed by atoms with Gasteiger partial charge in [0, 0.05) is 24.4 Å². The highest BCUT2D eigenvalue weighted by Crippen LogP contribution is 2.22. The van der Waals surface area contributed by atoms with Gasteiger partial charge in [-0.3, -0.25) is 9.59 Å². The molecule has 4 heteroatoms. The maximum absolute atomic E-state index is 12.5. The van der Waals surface area contributed by atoms with E-state index < -0.39 is 0 Å². The van der Waals surface area contributed by atoms with Crippen molar-refractivity contribution in [3.8, 4) is 0 Å². The molecule has 3 rings (SSSR count). The number of carbonyl (C=O) groups excluding carboxylic acids is 2. The van der Waals surface area contributed by atoms with E-state index in [1.165, 1.54) is 0 Å². The van der Waals surface area contributed by atoms with E-state index in [9.17, 15) is 9.59 Å². The Bertz CT molecular complexity index is 737. The van der Waals surface area contributed by atoms with Crippen LogP contribution in [0.1, 0.15) is 48.1 Å². The number of ketones is 1. The van der Waals surface area contributed by atoms with Gasteiger partial charge in [-0.15, -0.1) is 0 Å². The van der Waals surface area contributed by atoms with Crippen molar-refractivity contribution in [2.24, 2.45) is 5.92 Å². The lowest BCUT2D eigenvalue weighted by Crippen LogP contribution is -2.38. The number of hydrogen-bond acceptors (Lipinski definition) is 3. The molecule has 1 aliphatic rings. The molecule has 27 heavy (non-hydrogen) atoms. The SMILES string of the molecule is C[C@H](NC(=O)CCN1CCC(C(=O)c2ccccc2)CC1)c1ccccc1. The van der Waals surface area contributed by atoms with Gasteiger partial charge in [0.25, 0.3) is 0 Å². The second-order valence-corrected chi connectivity index (χ2v) is 7.30. The molecule has 0 aromatic heterocycles. The summed E-state index contributed by atoms with van der Waals surface area (Å²) in [6.45, 7) is 4.52. The van der Waals surface area contributed by atoms with Gasteiger partial charge >= 0.3 is 0 Å². The quantitative estimate of drug-likeness (QED) is 0.759. The van der Waals surface area contributed by atoms with E-state index in [-0.39, 0.29) is 23.7 Å². The summed E-state index contributed by atoms with van der Waals surface area (Å²) < 4.78 is 0. The number of Topliss-reactive ketones (excluding diaryl/α,β-unsaturated/α-hetero) is 1. The topological polar surface area (TPSA) is 49.4 Å². The van der Waals surface area contributed by atoms with Crippen LogP contribution in [0.3, 0.4) is 0 Å². The first kappa shape index (κ1) is 19.3. The highest BCUT2D eigenvalue weighted by Gasteiger charge is 2.25. The minimum absolute atomic E-state index is 0.0212. The van der Waals surface area contributed by atoms with Crippen molar-refractivity contribution >= 4 is 11.7 Å². The van der Waals surface area contributed by atoms with E-state index in [1.807, 2.05) is 67.6 Å². The summed E-state index contributed by atoms with van der Waals surface area (Å²) in [5.74, 6) is 0.439. The van der Waals surface area contributed by atoms with Crippen LogP contribution in [-0.4, -0.2) is 36.2 Å². The number of piperidine rings is 1. The fraction of sp³-hybridized carbons (Fsp3) is 0.391. The first-order valence-corrected chi connectivity index (χ1v) is 9.79. The van der Waals surface area contributed by atoms with Crippen LogP contribution < -0.4 is 5.32 Å². The average molecular weight is 364 g/mol. The molecule has 2 aromatic carbocycles. The highest BCUT2D eigenvalue weighted by molar-refractivity contribution is 5.97. The van der Waals surface area contributed by atoms with Crippen molar-refractivity contribution < 1.29 is 9.59 Å². The Morgan fingerprint density at radius 1 is 1.00 bits per heavy atom. The molecule has 1 aliphatic heterocycles. The third kappa shape index (κ3) is 5.51. The fourth-order valence-electron chi connectivity index (χ4n) is 3.66. The second-order valence-electron chi connectivity index (χ2n) is 7.30. The molecule has 1 atom stereocenters. The summed E-state index contributed by atoms with van der Waals surface area (Å²) in [7, 11) is 0. The Morgan fingerprint density at radius 2 is 1.59 bits per heavy atom. The molecule has 1 amide bonds. The van der Waals surface area contributed by atoms with Crippen LogP contribution in [0.5, 0.6) is 0 Å². The predicted molar refractivity (Wildman–Crippen MR) is 108 cm³/mol. The minimum Gasteiger partial charge on any atom is -0.350 e. The largest absolute Gasteiger partial charge is 0.350 e. The van der Waals surface area contributed by atoms with Crippen molar-refractivity contribution in [3.05, 3.63) is 71.8 Å². The van der Waals surface area contributed by atoms with E-state index in [1.54, 1.807) is 0 Å². The Labute approximate surface area is 161 Å². The van der Waals surface area contributed by atoms with Crippen molar-refractivity contribution in [1.29, 1.82) is 0 Å². The number of hydrogen-bond donors (Lipinski definition) is 1. The van der Waals surface area contributed by atoms with Crippen LogP contribution in [0, 0.1) is 5.92 Å². The van der Waals surface area contributed by atoms with Gasteiger partial charge in [-0.1, -0.05) is 60.7 Å². The number of nitrogens with zero attached hydrogens (tertiary/aromatic N) is 1. The first-order valence-electron chi connectivity index (χ1n) is 9.79. The lowest BCUT2D eigenvalue weighted by atomic mass is 9.89. The molecule has 2 aromatic rings. The number of rotatable bonds is 7. The van der Waals surface area contributed by atoms with Gasteiger partial charge in [-0.25, -0.2) is 0 Å². The standard InChI is InChI=1S/C23H28N2O2/c1-18(19-8-4-2-5-9-19)24-22(26)14-17-25-15-12-21(13-16-25)23(27)20-10-6-3-7-11-20/h2-11,18,21H,12-17H2,1H3,(H,24,26)/t18-/m0/s1. The Balaban J connectivity index is 1.39. The van der Waals surface area contributed by atoms with Crippen molar-refractivity contribution in [3.63, 3.8) is 0 Å². The molecule has 1 saturated heterocycles. The number of benzene rings is 2. The normalized spacial score (nSPS) is 16.6. The third-order valence-corrected chi connectivity index (χ3v) is 5.35. The predicted octanol–water partition coefficient (Wildman–Crippen LogP) is 3.85. The summed E-state index contributed by atoms with van der Waals surface area (Å²) in [6, 6.07) is 19.6. The zero-order valence-electron chi connectivity index (χ0n) is 15.9. The summed E-state index contributed by atoms with van der Waals surface area (Å²) in [5.41, 5.74) is 1.93. The van der Waals surface area contributed by atoms with E-state index in [0.717, 1.165) is 43.6 Å². The molecular formula is C23H28N2O2. The van der Waals surface area contributed by atoms with Gasteiger partial charge in [0.15, 0.2) is 5.78 Å². The summed E-state index contributed by atoms with van der Waals surface area (Å²) in [5, 5.41) is 3.06. The van der Waals surface area contributed by atoms with Crippen LogP contribution in [0.2, 0.25) is 0 Å². The van der Waals surface area contributed by atoms with E-state index in [2.05, 4.69) is 10.2 Å². The van der Waals surface area contributed by atoms with E-state index in [0.29, 0.717) is 6.42 Å². The zero-order chi connectivity index (χ0) is 19.1. The Kier molecular flexibility index (Phi) is 6.77. The van der Waals surface area contributed by atoms with Crippen molar-refractivity contribution in [1.82, 2.24) is 10.2 Å². The van der Waals surface area contributed by atoms with Crippen LogP contribution in [0.4, 0.5) is 0 Å². The van der Waals surface area contributed by atoms with Crippen LogP contribution in [0.25, 0.3) is 0 Å². The fourth-order valence-corrected chi connectivity index (χ4v) is 3.66. The maximum atomic E-state index is 12.5. The molecule has 1 fully saturated rings. The lowest BCUT2D eigenvalue weighted by Gasteiger charge is -2.31. The van der Waals surface area contributed by atoms with Crippen molar-refractivity contribution in [2.75, 3.05) is 19.6 Å². The molecule has 0 unspecified atom stereocenters. The molecule has 0 aliphatic carbocycles. The van der Waals surface area contributed by atoms with Crippen LogP contribution >= 0.6 is 0 Å². The second kappa shape index (κ2) is 9.47. The lowest BCUT2D eigenvalue weighted by molar-refractivity contribution is -0.122. The number of amides is 1. The molecule has 1 heterocycles. The number of likely N-dealkylation sites (tertiary alicyclic amines) is 1. The molecule has 4 nitrogen and oxygen atoms in total. The van der Waals surface area contributed by atoms with Gasteiger partial charge in [-0.2, -0.15) is 0 Å². The van der Waals surface area contributed by atoms with Gasteiger partial charge in [0.05, 0.1) is 6.04 Å². The minimum atomic E-state index is 0.0212. The third-order valence-electron chi connectivity index (χ3n) is 5.35. The molecule has 142 valence electrons. The van der Waals surface area contributed by atoms with Crippen LogP contribution in [-0.2, 0) is 4.79 Å². The van der Waals surface area contributed by atoms with E-state index >= 15 is 0 Å². The van der Waals surface area contributed by atoms with Gasteiger partial charge < -0.3 is 10.2 Å². The van der Waals surface area contributed by atoms with Gasteiger partial charge in [-0.05, 0) is 38.4 Å². The Hall–Kier alpha value is -2.46. The zero-order valence-corrected chi connectivity index (χ0v) is 15.9. The highest BCUT2D eigenvalue weighted by atomic mass is 16.1. The van der Waals surface area contributed by atoms with Crippen molar-refractivity contribution in [2.45, 2.75) is 32.2 Å². The number of carbonyl (C=O) groups is 2. The summed E-state index contributed by atoms with van der Waals surface area (Å²) >= 11 is 0. The summed E-state index contributed by atoms with van der Waals surface area (Å²) in [4.78, 5) is 27.1. The summed E-state index contributed by atoms with van der Waals surface area (Å²) in [6.07, 6.45) is 2.24. The molecule has 0 radical (unpaired) electrons. The molecule has 0 saturated carbocycles. The van der Waals surface area contributed by atoms with E-state index in [4.69, 9.17) is 0 Å². The smallest absolute Gasteiger partial charge is 0.221 e. The van der Waals surface area contributed by atoms with Gasteiger partial charge in [0.1, 0.15) is 0 Å². The first-order chi connectivity index (χ1) is 13.1. The maximum Gasteiger partial charge on any atom is 0.221 e. The molecule has 1 N–H and O–H groups in total.